The third kappa shape index (κ3) is 9.25. The molecule has 8 heteroatoms. The zero-order valence-electron chi connectivity index (χ0n) is 16.1. The Hall–Kier alpha value is -0.860. The molecule has 0 unspecified atom stereocenters. The number of halogens is 1. The molecule has 1 aliphatic rings. The van der Waals surface area contributed by atoms with Gasteiger partial charge in [-0.1, -0.05) is 25.7 Å². The lowest BCUT2D eigenvalue weighted by atomic mass is 10.1. The Bertz CT molecular complexity index is 603. The van der Waals surface area contributed by atoms with Gasteiger partial charge in [0.2, 0.25) is 10.0 Å². The molecule has 0 spiro atoms. The Labute approximate surface area is 169 Å². The minimum Gasteiger partial charge on any atom is -0.491 e. The first-order valence-electron chi connectivity index (χ1n) is 9.65. The summed E-state index contributed by atoms with van der Waals surface area (Å²) in [6, 6.07) is 7.00. The van der Waals surface area contributed by atoms with Crippen LogP contribution in [0.5, 0.6) is 5.75 Å². The van der Waals surface area contributed by atoms with Crippen molar-refractivity contribution in [3.63, 3.8) is 0 Å². The van der Waals surface area contributed by atoms with E-state index in [1.807, 2.05) is 6.92 Å². The number of benzene rings is 1. The van der Waals surface area contributed by atoms with Crippen molar-refractivity contribution < 1.29 is 17.9 Å². The summed E-state index contributed by atoms with van der Waals surface area (Å²) < 4.78 is 38.1. The molecule has 0 saturated heterocycles. The fourth-order valence-electron chi connectivity index (χ4n) is 3.11. The van der Waals surface area contributed by atoms with E-state index in [0.717, 1.165) is 0 Å². The quantitative estimate of drug-likeness (QED) is 0.425. The fourth-order valence-corrected chi connectivity index (χ4v) is 4.14. The van der Waals surface area contributed by atoms with Crippen LogP contribution in [0.3, 0.4) is 0 Å². The van der Waals surface area contributed by atoms with Gasteiger partial charge in [-0.2, -0.15) is 0 Å². The van der Waals surface area contributed by atoms with E-state index in [2.05, 4.69) is 10.0 Å². The SMILES string of the molecule is CCOCCOc1ccc(S(=O)(=O)NCCNC2CCCCCC2)cc1.Cl. The first-order valence-corrected chi connectivity index (χ1v) is 11.1. The van der Waals surface area contributed by atoms with Gasteiger partial charge in [0.05, 0.1) is 11.5 Å². The molecule has 2 rings (SSSR count). The maximum atomic E-state index is 12.3. The largest absolute Gasteiger partial charge is 0.491 e. The molecule has 0 aliphatic heterocycles. The number of sulfonamides is 1. The first kappa shape index (κ1) is 24.2. The summed E-state index contributed by atoms with van der Waals surface area (Å²) in [4.78, 5) is 0.254. The van der Waals surface area contributed by atoms with E-state index in [4.69, 9.17) is 9.47 Å². The molecule has 0 atom stereocenters. The van der Waals surface area contributed by atoms with E-state index >= 15 is 0 Å². The van der Waals surface area contributed by atoms with Crippen molar-refractivity contribution in [1.82, 2.24) is 10.0 Å². The Morgan fingerprint density at radius 2 is 1.67 bits per heavy atom. The van der Waals surface area contributed by atoms with Crippen LogP contribution < -0.4 is 14.8 Å². The molecule has 27 heavy (non-hydrogen) atoms. The van der Waals surface area contributed by atoms with Crippen molar-refractivity contribution in [3.8, 4) is 5.75 Å². The summed E-state index contributed by atoms with van der Waals surface area (Å²) in [5.41, 5.74) is 0. The van der Waals surface area contributed by atoms with Gasteiger partial charge in [-0.3, -0.25) is 0 Å². The normalized spacial score (nSPS) is 15.7. The van der Waals surface area contributed by atoms with Crippen LogP contribution in [0, 0.1) is 0 Å². The number of hydrogen-bond acceptors (Lipinski definition) is 5. The van der Waals surface area contributed by atoms with E-state index in [1.54, 1.807) is 24.3 Å². The van der Waals surface area contributed by atoms with Gasteiger partial charge in [0, 0.05) is 25.7 Å². The van der Waals surface area contributed by atoms with Crippen LogP contribution in [0.1, 0.15) is 45.4 Å². The van der Waals surface area contributed by atoms with Crippen LogP contribution >= 0.6 is 12.4 Å². The Morgan fingerprint density at radius 3 is 2.30 bits per heavy atom. The summed E-state index contributed by atoms with van der Waals surface area (Å²) in [6.07, 6.45) is 7.55. The molecular weight excluding hydrogens is 388 g/mol. The van der Waals surface area contributed by atoms with Gasteiger partial charge in [-0.15, -0.1) is 12.4 Å². The first-order chi connectivity index (χ1) is 12.6. The average Bonchev–Trinajstić information content (AvgIpc) is 2.92. The molecule has 1 aromatic carbocycles. The predicted molar refractivity (Wildman–Crippen MR) is 110 cm³/mol. The van der Waals surface area contributed by atoms with Gasteiger partial charge in [-0.05, 0) is 44.0 Å². The van der Waals surface area contributed by atoms with Crippen LogP contribution in [0.25, 0.3) is 0 Å². The molecule has 1 aliphatic carbocycles. The Morgan fingerprint density at radius 1 is 1.00 bits per heavy atom. The Balaban J connectivity index is 0.00000364. The van der Waals surface area contributed by atoms with Crippen molar-refractivity contribution in [1.29, 1.82) is 0 Å². The van der Waals surface area contributed by atoms with Gasteiger partial charge in [0.15, 0.2) is 0 Å². The zero-order valence-corrected chi connectivity index (χ0v) is 17.7. The van der Waals surface area contributed by atoms with Crippen LogP contribution in [-0.2, 0) is 14.8 Å². The predicted octanol–water partition coefficient (Wildman–Crippen LogP) is 3.11. The summed E-state index contributed by atoms with van der Waals surface area (Å²) in [5, 5.41) is 3.47. The lowest BCUT2D eigenvalue weighted by Gasteiger charge is -2.16. The van der Waals surface area contributed by atoms with E-state index < -0.39 is 10.0 Å². The van der Waals surface area contributed by atoms with E-state index in [9.17, 15) is 8.42 Å². The van der Waals surface area contributed by atoms with Crippen molar-refractivity contribution in [2.75, 3.05) is 32.9 Å². The highest BCUT2D eigenvalue weighted by molar-refractivity contribution is 7.89. The van der Waals surface area contributed by atoms with Gasteiger partial charge in [0.25, 0.3) is 0 Å². The van der Waals surface area contributed by atoms with Gasteiger partial charge >= 0.3 is 0 Å². The monoisotopic (exact) mass is 420 g/mol. The number of ether oxygens (including phenoxy) is 2. The second kappa shape index (κ2) is 13.3. The van der Waals surface area contributed by atoms with Gasteiger partial charge < -0.3 is 14.8 Å². The maximum Gasteiger partial charge on any atom is 0.240 e. The average molecular weight is 421 g/mol. The third-order valence-electron chi connectivity index (χ3n) is 4.54. The fraction of sp³-hybridized carbons (Fsp3) is 0.684. The van der Waals surface area contributed by atoms with Crippen molar-refractivity contribution in [2.24, 2.45) is 0 Å². The van der Waals surface area contributed by atoms with Crippen LogP contribution in [-0.4, -0.2) is 47.4 Å². The topological polar surface area (TPSA) is 76.7 Å². The highest BCUT2D eigenvalue weighted by Crippen LogP contribution is 2.17. The highest BCUT2D eigenvalue weighted by atomic mass is 35.5. The smallest absolute Gasteiger partial charge is 0.240 e. The molecule has 0 heterocycles. The molecule has 1 aromatic rings. The molecular formula is C19H33ClN2O4S. The summed E-state index contributed by atoms with van der Waals surface area (Å²) in [6.45, 7) is 4.60. The minimum absolute atomic E-state index is 0. The lowest BCUT2D eigenvalue weighted by molar-refractivity contribution is 0.110. The van der Waals surface area contributed by atoms with E-state index in [-0.39, 0.29) is 17.3 Å². The highest BCUT2D eigenvalue weighted by Gasteiger charge is 2.15. The molecule has 0 amide bonds. The zero-order chi connectivity index (χ0) is 18.7. The van der Waals surface area contributed by atoms with Crippen LogP contribution in [0.2, 0.25) is 0 Å². The third-order valence-corrected chi connectivity index (χ3v) is 6.02. The minimum atomic E-state index is -3.49. The molecule has 2 N–H and O–H groups in total. The number of nitrogens with one attached hydrogen (secondary N) is 2. The van der Waals surface area contributed by atoms with Crippen LogP contribution in [0.4, 0.5) is 0 Å². The maximum absolute atomic E-state index is 12.3. The van der Waals surface area contributed by atoms with Gasteiger partial charge in [-0.25, -0.2) is 13.1 Å². The van der Waals surface area contributed by atoms with E-state index in [0.29, 0.717) is 44.7 Å². The molecule has 1 saturated carbocycles. The number of rotatable bonds is 11. The molecule has 1 fully saturated rings. The van der Waals surface area contributed by atoms with Gasteiger partial charge in [0.1, 0.15) is 12.4 Å². The van der Waals surface area contributed by atoms with Crippen molar-refractivity contribution in [2.45, 2.75) is 56.4 Å². The lowest BCUT2D eigenvalue weighted by Crippen LogP contribution is -2.36. The van der Waals surface area contributed by atoms with Crippen molar-refractivity contribution >= 4 is 22.4 Å². The van der Waals surface area contributed by atoms with Crippen molar-refractivity contribution in [3.05, 3.63) is 24.3 Å². The summed E-state index contributed by atoms with van der Waals surface area (Å²) >= 11 is 0. The summed E-state index contributed by atoms with van der Waals surface area (Å²) in [7, 11) is -3.49. The molecule has 0 bridgehead atoms. The molecule has 0 aromatic heterocycles. The standard InChI is InChI=1S/C19H32N2O4S.ClH/c1-2-24-15-16-25-18-9-11-19(12-10-18)26(22,23)21-14-13-20-17-7-5-3-4-6-8-17;/h9-12,17,20-21H,2-8,13-16H2,1H3;1H. The van der Waals surface area contributed by atoms with Crippen LogP contribution in [0.15, 0.2) is 29.2 Å². The molecule has 0 radical (unpaired) electrons. The second-order valence-corrected chi connectivity index (χ2v) is 8.32. The summed E-state index contributed by atoms with van der Waals surface area (Å²) in [5.74, 6) is 0.638. The number of hydrogen-bond donors (Lipinski definition) is 2. The second-order valence-electron chi connectivity index (χ2n) is 6.56. The molecule has 6 nitrogen and oxygen atoms in total. The molecule has 156 valence electrons. The Kier molecular flexibility index (Phi) is 11.9. The van der Waals surface area contributed by atoms with E-state index in [1.165, 1.54) is 38.5 Å².